The summed E-state index contributed by atoms with van der Waals surface area (Å²) >= 11 is 0. The number of fused-ring (bicyclic) bond motifs is 1. The maximum Gasteiger partial charge on any atom is 0.0813 e. The van der Waals surface area contributed by atoms with Crippen LogP contribution in [-0.2, 0) is 9.47 Å². The van der Waals surface area contributed by atoms with Crippen molar-refractivity contribution < 1.29 is 9.47 Å². The van der Waals surface area contributed by atoms with Crippen molar-refractivity contribution >= 4 is 12.4 Å². The van der Waals surface area contributed by atoms with Crippen LogP contribution in [-0.4, -0.2) is 62.5 Å². The van der Waals surface area contributed by atoms with Gasteiger partial charge in [0.1, 0.15) is 0 Å². The summed E-state index contributed by atoms with van der Waals surface area (Å²) < 4.78 is 11.9. The van der Waals surface area contributed by atoms with E-state index in [1.165, 1.54) is 38.8 Å². The summed E-state index contributed by atoms with van der Waals surface area (Å²) in [4.78, 5) is 2.50. The fraction of sp³-hybridized carbons (Fsp3) is 1.00. The SMILES string of the molecule is C1CCN(CCOC[C@H]2CC[C@H]3NCC[C@H]3O2)C1.Cl. The van der Waals surface area contributed by atoms with Crippen molar-refractivity contribution in [1.29, 1.82) is 0 Å². The lowest BCUT2D eigenvalue weighted by molar-refractivity contribution is -0.0892. The van der Waals surface area contributed by atoms with Gasteiger partial charge in [0.25, 0.3) is 0 Å². The van der Waals surface area contributed by atoms with Crippen molar-refractivity contribution in [2.24, 2.45) is 0 Å². The smallest absolute Gasteiger partial charge is 0.0813 e. The summed E-state index contributed by atoms with van der Waals surface area (Å²) in [6.07, 6.45) is 7.09. The second-order valence-corrected chi connectivity index (χ2v) is 5.85. The lowest BCUT2D eigenvalue weighted by atomic mass is 10.0. The number of hydrogen-bond donors (Lipinski definition) is 1. The number of ether oxygens (including phenoxy) is 2. The molecule has 0 aliphatic carbocycles. The third-order valence-corrected chi connectivity index (χ3v) is 4.51. The fourth-order valence-electron chi connectivity index (χ4n) is 3.41. The maximum atomic E-state index is 6.08. The van der Waals surface area contributed by atoms with Crippen LogP contribution in [0, 0.1) is 0 Å². The third-order valence-electron chi connectivity index (χ3n) is 4.51. The summed E-state index contributed by atoms with van der Waals surface area (Å²) in [6, 6.07) is 0.617. The highest BCUT2D eigenvalue weighted by Crippen LogP contribution is 2.25. The number of likely N-dealkylation sites (tertiary alicyclic amines) is 1. The van der Waals surface area contributed by atoms with Gasteiger partial charge in [-0.25, -0.2) is 0 Å². The van der Waals surface area contributed by atoms with Gasteiger partial charge in [0.2, 0.25) is 0 Å². The quantitative estimate of drug-likeness (QED) is 0.777. The van der Waals surface area contributed by atoms with E-state index in [0.29, 0.717) is 18.2 Å². The van der Waals surface area contributed by atoms with Gasteiger partial charge in [0.05, 0.1) is 25.4 Å². The van der Waals surface area contributed by atoms with Crippen LogP contribution in [0.2, 0.25) is 0 Å². The molecule has 3 aliphatic rings. The fourth-order valence-corrected chi connectivity index (χ4v) is 3.41. The van der Waals surface area contributed by atoms with Crippen molar-refractivity contribution in [2.75, 3.05) is 39.4 Å². The monoisotopic (exact) mass is 290 g/mol. The maximum absolute atomic E-state index is 6.08. The molecule has 0 aromatic carbocycles. The molecule has 4 nitrogen and oxygen atoms in total. The van der Waals surface area contributed by atoms with Crippen LogP contribution in [0.5, 0.6) is 0 Å². The van der Waals surface area contributed by atoms with Crippen LogP contribution >= 0.6 is 12.4 Å². The van der Waals surface area contributed by atoms with Crippen LogP contribution in [0.15, 0.2) is 0 Å². The Morgan fingerprint density at radius 1 is 1.16 bits per heavy atom. The van der Waals surface area contributed by atoms with E-state index < -0.39 is 0 Å². The Balaban J connectivity index is 0.00000133. The van der Waals surface area contributed by atoms with E-state index in [9.17, 15) is 0 Å². The molecule has 0 aromatic rings. The minimum Gasteiger partial charge on any atom is -0.377 e. The molecule has 3 atom stereocenters. The Morgan fingerprint density at radius 2 is 2.00 bits per heavy atom. The Kier molecular flexibility index (Phi) is 6.36. The van der Waals surface area contributed by atoms with Crippen LogP contribution in [0.25, 0.3) is 0 Å². The molecule has 19 heavy (non-hydrogen) atoms. The molecule has 0 amide bonds. The summed E-state index contributed by atoms with van der Waals surface area (Å²) in [7, 11) is 0. The molecule has 112 valence electrons. The molecule has 1 N–H and O–H groups in total. The molecule has 3 aliphatic heterocycles. The molecule has 3 rings (SSSR count). The van der Waals surface area contributed by atoms with E-state index in [4.69, 9.17) is 9.47 Å². The highest BCUT2D eigenvalue weighted by molar-refractivity contribution is 5.85. The zero-order valence-corrected chi connectivity index (χ0v) is 12.5. The van der Waals surface area contributed by atoms with Crippen molar-refractivity contribution in [3.8, 4) is 0 Å². The van der Waals surface area contributed by atoms with Crippen molar-refractivity contribution in [2.45, 2.75) is 50.4 Å². The van der Waals surface area contributed by atoms with Crippen LogP contribution in [0.1, 0.15) is 32.1 Å². The highest BCUT2D eigenvalue weighted by Gasteiger charge is 2.34. The van der Waals surface area contributed by atoms with Crippen molar-refractivity contribution in [1.82, 2.24) is 10.2 Å². The molecular formula is C14H27ClN2O2. The van der Waals surface area contributed by atoms with Gasteiger partial charge in [-0.05, 0) is 51.7 Å². The lowest BCUT2D eigenvalue weighted by Crippen LogP contribution is -2.42. The van der Waals surface area contributed by atoms with Crippen LogP contribution < -0.4 is 5.32 Å². The van der Waals surface area contributed by atoms with E-state index in [2.05, 4.69) is 10.2 Å². The number of rotatable bonds is 5. The van der Waals surface area contributed by atoms with E-state index >= 15 is 0 Å². The largest absolute Gasteiger partial charge is 0.377 e. The van der Waals surface area contributed by atoms with E-state index in [0.717, 1.165) is 32.7 Å². The zero-order valence-electron chi connectivity index (χ0n) is 11.7. The van der Waals surface area contributed by atoms with Gasteiger partial charge in [-0.1, -0.05) is 0 Å². The van der Waals surface area contributed by atoms with Gasteiger partial charge >= 0.3 is 0 Å². The first kappa shape index (κ1) is 15.5. The minimum absolute atomic E-state index is 0. The van der Waals surface area contributed by atoms with Crippen molar-refractivity contribution in [3.63, 3.8) is 0 Å². The molecule has 3 fully saturated rings. The van der Waals surface area contributed by atoms with Gasteiger partial charge in [0.15, 0.2) is 0 Å². The number of hydrogen-bond acceptors (Lipinski definition) is 4. The second-order valence-electron chi connectivity index (χ2n) is 5.85. The molecule has 0 spiro atoms. The summed E-state index contributed by atoms with van der Waals surface area (Å²) in [5, 5.41) is 3.51. The predicted molar refractivity (Wildman–Crippen MR) is 78.0 cm³/mol. The molecule has 5 heteroatoms. The summed E-state index contributed by atoms with van der Waals surface area (Å²) in [5.74, 6) is 0. The standard InChI is InChI=1S/C14H26N2O2.ClH/c1-2-8-16(7-1)9-10-17-11-12-3-4-13-14(18-12)5-6-15-13;/h12-15H,1-11H2;1H/t12-,13-,14-;/m1./s1. The Morgan fingerprint density at radius 3 is 2.84 bits per heavy atom. The van der Waals surface area contributed by atoms with E-state index in [1.54, 1.807) is 0 Å². The molecule has 3 saturated heterocycles. The molecule has 0 bridgehead atoms. The predicted octanol–water partition coefficient (Wildman–Crippen LogP) is 1.43. The first-order valence-corrected chi connectivity index (χ1v) is 7.61. The molecule has 0 saturated carbocycles. The summed E-state index contributed by atoms with van der Waals surface area (Å²) in [6.45, 7) is 6.40. The number of nitrogens with one attached hydrogen (secondary N) is 1. The number of halogens is 1. The highest BCUT2D eigenvalue weighted by atomic mass is 35.5. The molecule has 3 heterocycles. The van der Waals surface area contributed by atoms with Crippen LogP contribution in [0.4, 0.5) is 0 Å². The molecule has 0 radical (unpaired) electrons. The van der Waals surface area contributed by atoms with E-state index in [1.807, 2.05) is 0 Å². The Bertz CT molecular complexity index is 262. The zero-order chi connectivity index (χ0) is 12.2. The van der Waals surface area contributed by atoms with E-state index in [-0.39, 0.29) is 12.4 Å². The Labute approximate surface area is 122 Å². The molecule has 0 aromatic heterocycles. The van der Waals surface area contributed by atoms with Gasteiger partial charge < -0.3 is 19.7 Å². The van der Waals surface area contributed by atoms with Gasteiger partial charge in [-0.3, -0.25) is 0 Å². The first-order chi connectivity index (χ1) is 8.92. The normalized spacial score (nSPS) is 35.1. The second kappa shape index (κ2) is 7.79. The Hall–Kier alpha value is 0.130. The summed E-state index contributed by atoms with van der Waals surface area (Å²) in [5.41, 5.74) is 0. The van der Waals surface area contributed by atoms with Gasteiger partial charge in [-0.2, -0.15) is 0 Å². The van der Waals surface area contributed by atoms with Gasteiger partial charge in [-0.15, -0.1) is 12.4 Å². The molecule has 0 unspecified atom stereocenters. The molecular weight excluding hydrogens is 264 g/mol. The average Bonchev–Trinajstić information content (AvgIpc) is 3.05. The van der Waals surface area contributed by atoms with Gasteiger partial charge in [0, 0.05) is 12.6 Å². The topological polar surface area (TPSA) is 33.7 Å². The van der Waals surface area contributed by atoms with Crippen LogP contribution in [0.3, 0.4) is 0 Å². The lowest BCUT2D eigenvalue weighted by Gasteiger charge is -2.32. The van der Waals surface area contributed by atoms with Crippen molar-refractivity contribution in [3.05, 3.63) is 0 Å². The first-order valence-electron chi connectivity index (χ1n) is 7.61. The minimum atomic E-state index is 0. The average molecular weight is 291 g/mol. The number of nitrogens with zero attached hydrogens (tertiary/aromatic N) is 1. The third kappa shape index (κ3) is 4.30.